The molecule has 0 aromatic carbocycles. The van der Waals surface area contributed by atoms with Crippen molar-refractivity contribution in [1.29, 1.82) is 0 Å². The summed E-state index contributed by atoms with van der Waals surface area (Å²) >= 11 is 0. The minimum Gasteiger partial charge on any atom is -0.265 e. The van der Waals surface area contributed by atoms with E-state index in [1.165, 1.54) is 0 Å². The summed E-state index contributed by atoms with van der Waals surface area (Å²) in [5, 5.41) is 0. The summed E-state index contributed by atoms with van der Waals surface area (Å²) in [4.78, 5) is 8.11. The molecule has 0 aromatic heterocycles. The van der Waals surface area contributed by atoms with Gasteiger partial charge in [-0.05, 0) is 12.3 Å². The molecule has 0 fully saturated rings. The number of hydrogen-bond acceptors (Lipinski definition) is 2. The summed E-state index contributed by atoms with van der Waals surface area (Å²) in [6, 6.07) is 0. The number of rotatable bonds is 0. The Hall–Kier alpha value is -1.14. The summed E-state index contributed by atoms with van der Waals surface area (Å²) in [6.07, 6.45) is 5.07. The molecular weight excluding hydrogens is 112 g/mol. The molecule has 2 aliphatic heterocycles. The number of dihydropyridines is 1. The lowest BCUT2D eigenvalue weighted by Crippen LogP contribution is -1.99. The molecular formula is C7H6N2. The summed E-state index contributed by atoms with van der Waals surface area (Å²) in [5.74, 6) is 3.63. The summed E-state index contributed by atoms with van der Waals surface area (Å²) in [7, 11) is 0. The van der Waals surface area contributed by atoms with E-state index in [1.807, 2.05) is 6.08 Å². The Morgan fingerprint density at radius 2 is 2.56 bits per heavy atom. The molecule has 2 rings (SSSR count). The maximum absolute atomic E-state index is 4.18. The Balaban J connectivity index is 2.46. The molecule has 2 heteroatoms. The van der Waals surface area contributed by atoms with E-state index in [0.717, 1.165) is 24.4 Å². The molecule has 0 saturated heterocycles. The molecule has 2 aliphatic rings. The fourth-order valence-electron chi connectivity index (χ4n) is 0.959. The predicted molar refractivity (Wildman–Crippen MR) is 37.0 cm³/mol. The van der Waals surface area contributed by atoms with Crippen LogP contribution in [0.1, 0.15) is 6.42 Å². The monoisotopic (exact) mass is 118 g/mol. The maximum Gasteiger partial charge on any atom is 0.164 e. The van der Waals surface area contributed by atoms with Gasteiger partial charge in [0.2, 0.25) is 0 Å². The number of fused-ring (bicyclic) bond motifs is 1. The van der Waals surface area contributed by atoms with E-state index in [-0.39, 0.29) is 0 Å². The smallest absolute Gasteiger partial charge is 0.164 e. The first-order valence-electron chi connectivity index (χ1n) is 3.01. The van der Waals surface area contributed by atoms with Crippen LogP contribution in [0.4, 0.5) is 0 Å². The normalized spacial score (nSPS) is 21.3. The molecule has 0 unspecified atom stereocenters. The SMILES string of the molecule is C1=CC2=CCCN=C2N=1. The van der Waals surface area contributed by atoms with Crippen molar-refractivity contribution in [3.63, 3.8) is 0 Å². The molecule has 0 bridgehead atoms. The first kappa shape index (κ1) is 4.71. The average molecular weight is 118 g/mol. The van der Waals surface area contributed by atoms with Crippen LogP contribution in [0.25, 0.3) is 0 Å². The van der Waals surface area contributed by atoms with Crippen LogP contribution in [0, 0.1) is 0 Å². The summed E-state index contributed by atoms with van der Waals surface area (Å²) in [5.41, 5.74) is 1.14. The van der Waals surface area contributed by atoms with Gasteiger partial charge in [0.15, 0.2) is 5.84 Å². The standard InChI is InChI=1S/C7H6N2/c1-2-6-3-5-9-7(6)8-4-1/h2-3H,1,4H2. The van der Waals surface area contributed by atoms with Crippen molar-refractivity contribution in [3.05, 3.63) is 17.7 Å². The second-order valence-corrected chi connectivity index (χ2v) is 2.04. The summed E-state index contributed by atoms with van der Waals surface area (Å²) in [6.45, 7) is 0.887. The van der Waals surface area contributed by atoms with E-state index in [1.54, 1.807) is 0 Å². The average Bonchev–Trinajstić information content (AvgIpc) is 2.33. The summed E-state index contributed by atoms with van der Waals surface area (Å²) < 4.78 is 0. The molecule has 0 N–H and O–H groups in total. The lowest BCUT2D eigenvalue weighted by molar-refractivity contribution is 0.983. The van der Waals surface area contributed by atoms with Gasteiger partial charge in [-0.1, -0.05) is 6.08 Å². The first-order chi connectivity index (χ1) is 4.47. The van der Waals surface area contributed by atoms with Crippen LogP contribution in [0.5, 0.6) is 0 Å². The second kappa shape index (κ2) is 1.67. The van der Waals surface area contributed by atoms with E-state index in [2.05, 4.69) is 21.9 Å². The number of amidine groups is 1. The van der Waals surface area contributed by atoms with Gasteiger partial charge in [-0.2, -0.15) is 4.99 Å². The van der Waals surface area contributed by atoms with E-state index in [0.29, 0.717) is 0 Å². The van der Waals surface area contributed by atoms with E-state index >= 15 is 0 Å². The molecule has 0 spiro atoms. The highest BCUT2D eigenvalue weighted by atomic mass is 14.9. The van der Waals surface area contributed by atoms with Gasteiger partial charge in [0.1, 0.15) is 0 Å². The molecule has 0 amide bonds. The fraction of sp³-hybridized carbons (Fsp3) is 0.286. The van der Waals surface area contributed by atoms with Gasteiger partial charge in [-0.3, -0.25) is 4.99 Å². The highest BCUT2D eigenvalue weighted by Gasteiger charge is 2.08. The zero-order valence-electron chi connectivity index (χ0n) is 4.96. The number of aliphatic imine (C=N–C) groups is 2. The van der Waals surface area contributed by atoms with E-state index in [9.17, 15) is 0 Å². The van der Waals surface area contributed by atoms with Crippen molar-refractivity contribution in [2.45, 2.75) is 6.42 Å². The van der Waals surface area contributed by atoms with Crippen molar-refractivity contribution in [2.75, 3.05) is 6.54 Å². The van der Waals surface area contributed by atoms with Crippen molar-refractivity contribution >= 4 is 11.7 Å². The van der Waals surface area contributed by atoms with Crippen LogP contribution < -0.4 is 0 Å². The topological polar surface area (TPSA) is 24.7 Å². The molecule has 0 aromatic rings. The van der Waals surface area contributed by atoms with Crippen LogP contribution in [0.3, 0.4) is 0 Å². The van der Waals surface area contributed by atoms with Gasteiger partial charge in [0.25, 0.3) is 0 Å². The largest absolute Gasteiger partial charge is 0.265 e. The lowest BCUT2D eigenvalue weighted by Gasteiger charge is -2.01. The third-order valence-electron chi connectivity index (χ3n) is 1.40. The van der Waals surface area contributed by atoms with Crippen molar-refractivity contribution < 1.29 is 0 Å². The van der Waals surface area contributed by atoms with E-state index in [4.69, 9.17) is 0 Å². The predicted octanol–water partition coefficient (Wildman–Crippen LogP) is 0.955. The second-order valence-electron chi connectivity index (χ2n) is 2.04. The van der Waals surface area contributed by atoms with Crippen LogP contribution in [-0.2, 0) is 0 Å². The van der Waals surface area contributed by atoms with Crippen molar-refractivity contribution in [1.82, 2.24) is 0 Å². The zero-order chi connectivity index (χ0) is 6.10. The molecule has 2 nitrogen and oxygen atoms in total. The van der Waals surface area contributed by atoms with Crippen LogP contribution in [0.2, 0.25) is 0 Å². The van der Waals surface area contributed by atoms with Gasteiger partial charge in [-0.25, -0.2) is 0 Å². The lowest BCUT2D eigenvalue weighted by atomic mass is 10.2. The fourth-order valence-corrected chi connectivity index (χ4v) is 0.959. The third kappa shape index (κ3) is 0.644. The van der Waals surface area contributed by atoms with Crippen molar-refractivity contribution in [3.8, 4) is 0 Å². The van der Waals surface area contributed by atoms with Crippen LogP contribution in [0.15, 0.2) is 27.7 Å². The molecule has 44 valence electrons. The van der Waals surface area contributed by atoms with Gasteiger partial charge >= 0.3 is 0 Å². The first-order valence-corrected chi connectivity index (χ1v) is 3.01. The minimum absolute atomic E-state index is 0.862. The van der Waals surface area contributed by atoms with Gasteiger partial charge < -0.3 is 0 Å². The Labute approximate surface area is 53.3 Å². The van der Waals surface area contributed by atoms with Crippen LogP contribution in [-0.4, -0.2) is 18.3 Å². The Bertz CT molecular complexity index is 228. The molecule has 0 atom stereocenters. The van der Waals surface area contributed by atoms with Gasteiger partial charge in [-0.15, -0.1) is 0 Å². The Morgan fingerprint density at radius 1 is 1.56 bits per heavy atom. The van der Waals surface area contributed by atoms with Crippen molar-refractivity contribution in [2.24, 2.45) is 9.98 Å². The molecule has 9 heavy (non-hydrogen) atoms. The number of nitrogens with zero attached hydrogens (tertiary/aromatic N) is 2. The molecule has 2 heterocycles. The zero-order valence-corrected chi connectivity index (χ0v) is 4.96. The third-order valence-corrected chi connectivity index (χ3v) is 1.40. The van der Waals surface area contributed by atoms with E-state index < -0.39 is 0 Å². The highest BCUT2D eigenvalue weighted by molar-refractivity contribution is 6.10. The minimum atomic E-state index is 0.862. The molecule has 0 saturated carbocycles. The van der Waals surface area contributed by atoms with Crippen LogP contribution >= 0.6 is 0 Å². The highest BCUT2D eigenvalue weighted by Crippen LogP contribution is 2.11. The number of hydrogen-bond donors (Lipinski definition) is 0. The van der Waals surface area contributed by atoms with Gasteiger partial charge in [0, 0.05) is 18.2 Å². The quantitative estimate of drug-likeness (QED) is 0.452. The maximum atomic E-state index is 4.18. The van der Waals surface area contributed by atoms with Gasteiger partial charge in [0.05, 0.1) is 0 Å². The molecule has 0 radical (unpaired) electrons. The Kier molecular flexibility index (Phi) is 0.877. The molecule has 0 aliphatic carbocycles. The Morgan fingerprint density at radius 3 is 3.44 bits per heavy atom.